The molecule has 23 heavy (non-hydrogen) atoms. The fraction of sp³-hybridized carbons (Fsp3) is 0.0588. The molecule has 0 aliphatic rings. The van der Waals surface area contributed by atoms with Gasteiger partial charge in [-0.1, -0.05) is 46.3 Å². The van der Waals surface area contributed by atoms with Gasteiger partial charge in [0.05, 0.1) is 6.21 Å². The summed E-state index contributed by atoms with van der Waals surface area (Å²) in [5, 5.41) is 8.90. The summed E-state index contributed by atoms with van der Waals surface area (Å²) in [6, 6.07) is 16.2. The lowest BCUT2D eigenvalue weighted by Gasteiger charge is -2.06. The molecule has 0 aliphatic heterocycles. The summed E-state index contributed by atoms with van der Waals surface area (Å²) in [6.45, 7) is 0.669. The van der Waals surface area contributed by atoms with Crippen LogP contribution in [0.15, 0.2) is 64.3 Å². The van der Waals surface area contributed by atoms with Gasteiger partial charge in [-0.05, 0) is 36.0 Å². The quantitative estimate of drug-likeness (QED) is 0.361. The third kappa shape index (κ3) is 4.18. The van der Waals surface area contributed by atoms with Crippen LogP contribution in [0.1, 0.15) is 11.1 Å². The second-order valence-corrected chi connectivity index (χ2v) is 6.30. The number of hydrazone groups is 1. The summed E-state index contributed by atoms with van der Waals surface area (Å²) in [4.78, 5) is 3.21. The lowest BCUT2D eigenvalue weighted by molar-refractivity contribution is 0.869. The van der Waals surface area contributed by atoms with E-state index in [9.17, 15) is 0 Å². The van der Waals surface area contributed by atoms with Crippen molar-refractivity contribution in [1.29, 1.82) is 0 Å². The van der Waals surface area contributed by atoms with E-state index in [1.807, 2.05) is 48.7 Å². The van der Waals surface area contributed by atoms with Gasteiger partial charge < -0.3 is 10.3 Å². The average molecular weight is 387 g/mol. The molecule has 116 valence electrons. The first-order valence-corrected chi connectivity index (χ1v) is 8.30. The van der Waals surface area contributed by atoms with E-state index in [1.54, 1.807) is 6.21 Å². The molecule has 0 atom stereocenters. The highest BCUT2D eigenvalue weighted by Gasteiger charge is 2.02. The smallest absolute Gasteiger partial charge is 0.187 e. The zero-order chi connectivity index (χ0) is 16.1. The number of fused-ring (bicyclic) bond motifs is 1. The topological polar surface area (TPSA) is 52.2 Å². The number of halogens is 1. The molecule has 0 fully saturated rings. The van der Waals surface area contributed by atoms with Gasteiger partial charge in [-0.25, -0.2) is 0 Å². The van der Waals surface area contributed by atoms with Gasteiger partial charge in [0.25, 0.3) is 0 Å². The Hall–Kier alpha value is -2.18. The fourth-order valence-electron chi connectivity index (χ4n) is 2.20. The van der Waals surface area contributed by atoms with Crippen molar-refractivity contribution in [3.8, 4) is 0 Å². The van der Waals surface area contributed by atoms with Crippen molar-refractivity contribution in [2.75, 3.05) is 0 Å². The molecule has 0 radical (unpaired) electrons. The number of nitrogens with zero attached hydrogens (tertiary/aromatic N) is 1. The molecule has 0 spiro atoms. The minimum atomic E-state index is 0.492. The molecule has 0 unspecified atom stereocenters. The molecular weight excluding hydrogens is 372 g/mol. The molecule has 4 nitrogen and oxygen atoms in total. The summed E-state index contributed by atoms with van der Waals surface area (Å²) >= 11 is 8.69. The zero-order valence-corrected chi connectivity index (χ0v) is 14.6. The number of hydrogen-bond donors (Lipinski definition) is 3. The molecule has 0 bridgehead atoms. The number of hydrogen-bond acceptors (Lipinski definition) is 2. The van der Waals surface area contributed by atoms with Crippen molar-refractivity contribution in [1.82, 2.24) is 15.7 Å². The molecule has 1 heterocycles. The van der Waals surface area contributed by atoms with Crippen LogP contribution in [0.5, 0.6) is 0 Å². The van der Waals surface area contributed by atoms with Gasteiger partial charge in [0.2, 0.25) is 0 Å². The molecule has 0 amide bonds. The van der Waals surface area contributed by atoms with Crippen molar-refractivity contribution in [3.63, 3.8) is 0 Å². The van der Waals surface area contributed by atoms with Gasteiger partial charge in [-0.3, -0.25) is 5.43 Å². The van der Waals surface area contributed by atoms with Gasteiger partial charge in [0, 0.05) is 33.7 Å². The maximum Gasteiger partial charge on any atom is 0.187 e. The zero-order valence-electron chi connectivity index (χ0n) is 12.2. The second kappa shape index (κ2) is 7.39. The van der Waals surface area contributed by atoms with Crippen LogP contribution >= 0.6 is 28.1 Å². The van der Waals surface area contributed by atoms with E-state index in [0.717, 1.165) is 20.9 Å². The lowest BCUT2D eigenvalue weighted by atomic mass is 10.2. The van der Waals surface area contributed by atoms with Gasteiger partial charge in [0.15, 0.2) is 5.11 Å². The Balaban J connectivity index is 1.57. The van der Waals surface area contributed by atoms with Gasteiger partial charge in [-0.2, -0.15) is 5.10 Å². The van der Waals surface area contributed by atoms with Crippen LogP contribution in [0.3, 0.4) is 0 Å². The normalized spacial score (nSPS) is 11.0. The highest BCUT2D eigenvalue weighted by molar-refractivity contribution is 9.10. The van der Waals surface area contributed by atoms with Gasteiger partial charge in [0.1, 0.15) is 0 Å². The van der Waals surface area contributed by atoms with E-state index < -0.39 is 0 Å². The van der Waals surface area contributed by atoms with Crippen molar-refractivity contribution < 1.29 is 0 Å². The Labute approximate surface area is 148 Å². The molecule has 0 saturated heterocycles. The first-order chi connectivity index (χ1) is 11.2. The maximum absolute atomic E-state index is 5.21. The standard InChI is InChI=1S/C17H15BrN4S/c18-14-6-7-16-15(8-14)13(10-19-16)11-21-22-17(23)20-9-12-4-2-1-3-5-12/h1-8,10-11,19H,9H2,(H2,20,22,23). The molecule has 0 saturated carbocycles. The van der Waals surface area contributed by atoms with Crippen molar-refractivity contribution in [3.05, 3.63) is 70.3 Å². The summed E-state index contributed by atoms with van der Waals surface area (Å²) < 4.78 is 1.03. The third-order valence-corrected chi connectivity index (χ3v) is 4.07. The Morgan fingerprint density at radius 1 is 1.22 bits per heavy atom. The number of nitrogens with one attached hydrogen (secondary N) is 3. The number of aromatic amines is 1. The van der Waals surface area contributed by atoms with Gasteiger partial charge in [-0.15, -0.1) is 0 Å². The lowest BCUT2D eigenvalue weighted by Crippen LogP contribution is -2.31. The van der Waals surface area contributed by atoms with E-state index in [-0.39, 0.29) is 0 Å². The highest BCUT2D eigenvalue weighted by atomic mass is 79.9. The number of rotatable bonds is 4. The van der Waals surface area contributed by atoms with Gasteiger partial charge >= 0.3 is 0 Å². The first-order valence-electron chi connectivity index (χ1n) is 7.10. The van der Waals surface area contributed by atoms with Crippen LogP contribution in [0.2, 0.25) is 0 Å². The van der Waals surface area contributed by atoms with Crippen LogP contribution in [-0.2, 0) is 6.54 Å². The largest absolute Gasteiger partial charge is 0.361 e. The number of H-pyrrole nitrogens is 1. The molecule has 3 rings (SSSR count). The minimum absolute atomic E-state index is 0.492. The van der Waals surface area contributed by atoms with Crippen molar-refractivity contribution >= 4 is 50.4 Å². The summed E-state index contributed by atoms with van der Waals surface area (Å²) in [6.07, 6.45) is 3.67. The summed E-state index contributed by atoms with van der Waals surface area (Å²) in [7, 11) is 0. The molecule has 3 N–H and O–H groups in total. The predicted octanol–water partition coefficient (Wildman–Crippen LogP) is 3.93. The van der Waals surface area contributed by atoms with E-state index in [2.05, 4.69) is 42.8 Å². The van der Waals surface area contributed by atoms with Crippen LogP contribution in [0.25, 0.3) is 10.9 Å². The van der Waals surface area contributed by atoms with E-state index >= 15 is 0 Å². The average Bonchev–Trinajstić information content (AvgIpc) is 2.96. The first kappa shape index (κ1) is 15.7. The molecule has 0 aliphatic carbocycles. The van der Waals surface area contributed by atoms with E-state index in [4.69, 9.17) is 12.2 Å². The number of aromatic nitrogens is 1. The third-order valence-electron chi connectivity index (χ3n) is 3.34. The highest BCUT2D eigenvalue weighted by Crippen LogP contribution is 2.21. The van der Waals surface area contributed by atoms with Crippen LogP contribution < -0.4 is 10.7 Å². The van der Waals surface area contributed by atoms with Crippen LogP contribution in [0, 0.1) is 0 Å². The minimum Gasteiger partial charge on any atom is -0.361 e. The summed E-state index contributed by atoms with van der Waals surface area (Å²) in [5.74, 6) is 0. The Bertz CT molecular complexity index is 842. The SMILES string of the molecule is S=C(NCc1ccccc1)NN=Cc1c[nH]c2ccc(Br)cc12. The fourth-order valence-corrected chi connectivity index (χ4v) is 2.69. The Kier molecular flexibility index (Phi) is 5.05. The van der Waals surface area contributed by atoms with E-state index in [1.165, 1.54) is 5.56 Å². The van der Waals surface area contributed by atoms with E-state index in [0.29, 0.717) is 11.7 Å². The Morgan fingerprint density at radius 2 is 2.04 bits per heavy atom. The molecule has 2 aromatic carbocycles. The molecule has 1 aromatic heterocycles. The maximum atomic E-state index is 5.21. The monoisotopic (exact) mass is 386 g/mol. The number of benzene rings is 2. The second-order valence-electron chi connectivity index (χ2n) is 4.97. The molecule has 3 aromatic rings. The van der Waals surface area contributed by atoms with Crippen LogP contribution in [-0.4, -0.2) is 16.3 Å². The number of thiocarbonyl (C=S) groups is 1. The molecule has 6 heteroatoms. The van der Waals surface area contributed by atoms with Crippen LogP contribution in [0.4, 0.5) is 0 Å². The predicted molar refractivity (Wildman–Crippen MR) is 103 cm³/mol. The summed E-state index contributed by atoms with van der Waals surface area (Å²) in [5.41, 5.74) is 6.07. The van der Waals surface area contributed by atoms with Crippen molar-refractivity contribution in [2.24, 2.45) is 5.10 Å². The van der Waals surface area contributed by atoms with Crippen molar-refractivity contribution in [2.45, 2.75) is 6.54 Å². The molecular formula is C17H15BrN4S. The Morgan fingerprint density at radius 3 is 2.87 bits per heavy atom.